The molecular weight excluding hydrogens is 411 g/mol. The zero-order valence-corrected chi connectivity index (χ0v) is 20.4. The van der Waals surface area contributed by atoms with Crippen LogP contribution in [-0.4, -0.2) is 0 Å². The third kappa shape index (κ3) is 75.9. The van der Waals surface area contributed by atoms with E-state index >= 15 is 0 Å². The van der Waals surface area contributed by atoms with Crippen molar-refractivity contribution in [1.29, 1.82) is 0 Å². The third-order valence-electron chi connectivity index (χ3n) is 1.21. The van der Waals surface area contributed by atoms with Crippen LogP contribution in [0.5, 0.6) is 0 Å². The van der Waals surface area contributed by atoms with Crippen LogP contribution in [0.1, 0.15) is 61.3 Å². The monoisotopic (exact) mass is 438 g/mol. The topological polar surface area (TPSA) is 0 Å². The first-order valence-electron chi connectivity index (χ1n) is 4.83. The van der Waals surface area contributed by atoms with Gasteiger partial charge in [0.25, 0.3) is 0 Å². The van der Waals surface area contributed by atoms with Crippen molar-refractivity contribution in [3.63, 3.8) is 0 Å². The summed E-state index contributed by atoms with van der Waals surface area (Å²) in [6.07, 6.45) is 2.49. The van der Waals surface area contributed by atoms with Gasteiger partial charge in [-0.3, -0.25) is 0 Å². The van der Waals surface area contributed by atoms with Crippen LogP contribution in [0.25, 0.3) is 0 Å². The van der Waals surface area contributed by atoms with Crippen LogP contribution in [0.2, 0.25) is 0 Å². The van der Waals surface area contributed by atoms with E-state index in [4.69, 9.17) is 0 Å². The van der Waals surface area contributed by atoms with E-state index in [2.05, 4.69) is 48.5 Å². The molecule has 0 heterocycles. The summed E-state index contributed by atoms with van der Waals surface area (Å²) in [6, 6.07) is 0. The molecule has 0 aromatic rings. The average Bonchev–Trinajstić information content (AvgIpc) is 2.06. The zero-order chi connectivity index (χ0) is 10.6. The van der Waals surface area contributed by atoms with Crippen molar-refractivity contribution >= 4 is 0 Å². The van der Waals surface area contributed by atoms with Gasteiger partial charge in [0.15, 0.2) is 0 Å². The van der Waals surface area contributed by atoms with Gasteiger partial charge in [-0.15, -0.1) is 0 Å². The van der Waals surface area contributed by atoms with Crippen LogP contribution < -0.4 is 0 Å². The van der Waals surface area contributed by atoms with E-state index in [1.807, 2.05) is 0 Å². The molecule has 0 N–H and O–H groups in total. The van der Waals surface area contributed by atoms with Gasteiger partial charge in [-0.25, -0.2) is 0 Å². The Hall–Kier alpha value is 3.31. The van der Waals surface area contributed by atoms with Gasteiger partial charge in [0.2, 0.25) is 0 Å². The molecule has 0 amide bonds. The van der Waals surface area contributed by atoms with Crippen molar-refractivity contribution in [2.45, 2.75) is 61.3 Å². The van der Waals surface area contributed by atoms with Gasteiger partial charge in [-0.2, -0.15) is 47.5 Å². The molecular formula is C12H27Y3-3. The van der Waals surface area contributed by atoms with Gasteiger partial charge in [0, 0.05) is 98.1 Å². The summed E-state index contributed by atoms with van der Waals surface area (Å²) in [6.45, 7) is 17.8. The van der Waals surface area contributed by atoms with Gasteiger partial charge in [-0.1, -0.05) is 13.8 Å². The number of hydrogen-bond acceptors (Lipinski definition) is 0. The van der Waals surface area contributed by atoms with Crippen molar-refractivity contribution in [3.05, 3.63) is 18.8 Å². The van der Waals surface area contributed by atoms with Crippen LogP contribution in [0.3, 0.4) is 0 Å². The van der Waals surface area contributed by atoms with Gasteiger partial charge in [0.1, 0.15) is 0 Å². The first-order valence-corrected chi connectivity index (χ1v) is 4.83. The molecule has 0 aromatic carbocycles. The summed E-state index contributed by atoms with van der Waals surface area (Å²) >= 11 is 0. The first kappa shape index (κ1) is 36.2. The standard InChI is InChI=1S/C6H13.C4H9.C2H5.3Y/c1-4-6(3)5-2;1-4(2)3;1-2;;;/h4-5H2,1-3H3;1-3H3;1H2,2H3;;;/q3*-1;;;. The minimum Gasteiger partial charge on any atom is -0.346 e. The SMILES string of the molecule is CC[C-](C)CC.C[C-](C)C.[CH2-]C.[Y].[Y].[Y]. The Morgan fingerprint density at radius 3 is 0.867 bits per heavy atom. The molecule has 15 heavy (non-hydrogen) atoms. The number of hydrogen-bond donors (Lipinski definition) is 0. The fourth-order valence-corrected chi connectivity index (χ4v) is 0.250. The van der Waals surface area contributed by atoms with E-state index in [0.29, 0.717) is 0 Å². The van der Waals surface area contributed by atoms with E-state index in [0.717, 1.165) is 0 Å². The third-order valence-corrected chi connectivity index (χ3v) is 1.21. The van der Waals surface area contributed by atoms with Crippen molar-refractivity contribution in [2.24, 2.45) is 0 Å². The molecule has 0 unspecified atom stereocenters. The summed E-state index contributed by atoms with van der Waals surface area (Å²) in [5.74, 6) is 3.01. The molecule has 0 fully saturated rings. The summed E-state index contributed by atoms with van der Waals surface area (Å²) in [4.78, 5) is 0. The summed E-state index contributed by atoms with van der Waals surface area (Å²) < 4.78 is 0. The summed E-state index contributed by atoms with van der Waals surface area (Å²) in [5.41, 5.74) is 0. The van der Waals surface area contributed by atoms with Gasteiger partial charge >= 0.3 is 0 Å². The molecule has 0 atom stereocenters. The Bertz CT molecular complexity index is 50.1. The Balaban J connectivity index is -0.0000000204. The number of rotatable bonds is 2. The molecule has 0 aromatic heterocycles. The second-order valence-electron chi connectivity index (χ2n) is 3.16. The molecule has 0 aliphatic rings. The van der Waals surface area contributed by atoms with Crippen molar-refractivity contribution < 1.29 is 98.1 Å². The second-order valence-corrected chi connectivity index (χ2v) is 3.16. The maximum atomic E-state index is 3.25. The fraction of sp³-hybridized carbons (Fsp3) is 0.750. The molecule has 0 aliphatic heterocycles. The minimum absolute atomic E-state index is 0. The van der Waals surface area contributed by atoms with E-state index < -0.39 is 0 Å². The minimum atomic E-state index is 0. The van der Waals surface area contributed by atoms with E-state index in [9.17, 15) is 0 Å². The maximum absolute atomic E-state index is 3.25. The fourth-order valence-electron chi connectivity index (χ4n) is 0.250. The largest absolute Gasteiger partial charge is 0.346 e. The van der Waals surface area contributed by atoms with E-state index in [1.54, 1.807) is 12.8 Å². The maximum Gasteiger partial charge on any atom is 0 e. The quantitative estimate of drug-likeness (QED) is 0.541. The Morgan fingerprint density at radius 1 is 0.733 bits per heavy atom. The smallest absolute Gasteiger partial charge is 0 e. The molecule has 0 rings (SSSR count). The van der Waals surface area contributed by atoms with Gasteiger partial charge in [0.05, 0.1) is 0 Å². The molecule has 0 spiro atoms. The zero-order valence-electron chi connectivity index (χ0n) is 11.9. The summed E-state index contributed by atoms with van der Waals surface area (Å²) in [5, 5.41) is 0. The average molecular weight is 438 g/mol. The van der Waals surface area contributed by atoms with Crippen molar-refractivity contribution in [2.75, 3.05) is 0 Å². The van der Waals surface area contributed by atoms with E-state index in [-0.39, 0.29) is 98.1 Å². The van der Waals surface area contributed by atoms with Crippen molar-refractivity contribution in [1.82, 2.24) is 0 Å². The molecule has 0 bridgehead atoms. The normalized spacial score (nSPS) is 6.80. The Labute approximate surface area is 175 Å². The molecule has 0 saturated heterocycles. The van der Waals surface area contributed by atoms with E-state index in [1.165, 1.54) is 18.8 Å². The van der Waals surface area contributed by atoms with Gasteiger partial charge in [-0.05, 0) is 0 Å². The first-order chi connectivity index (χ1) is 5.54. The predicted octanol–water partition coefficient (Wildman–Crippen LogP) is 4.85. The Kier molecular flexibility index (Phi) is 86.9. The van der Waals surface area contributed by atoms with Crippen LogP contribution in [0.4, 0.5) is 0 Å². The second kappa shape index (κ2) is 36.0. The van der Waals surface area contributed by atoms with Gasteiger partial charge < -0.3 is 18.8 Å². The Morgan fingerprint density at radius 2 is 0.867 bits per heavy atom. The molecule has 3 radical (unpaired) electrons. The molecule has 3 heteroatoms. The van der Waals surface area contributed by atoms with Crippen LogP contribution in [0, 0.1) is 18.8 Å². The molecule has 87 valence electrons. The summed E-state index contributed by atoms with van der Waals surface area (Å²) in [7, 11) is 0. The van der Waals surface area contributed by atoms with Crippen molar-refractivity contribution in [3.8, 4) is 0 Å². The van der Waals surface area contributed by atoms with Crippen LogP contribution in [-0.2, 0) is 98.1 Å². The van der Waals surface area contributed by atoms with Crippen LogP contribution in [0.15, 0.2) is 0 Å². The van der Waals surface area contributed by atoms with Crippen LogP contribution >= 0.6 is 0 Å². The molecule has 0 aliphatic carbocycles. The predicted molar refractivity (Wildman–Crippen MR) is 60.8 cm³/mol. The molecule has 0 nitrogen and oxygen atoms in total. The molecule has 0 saturated carbocycles.